The van der Waals surface area contributed by atoms with Gasteiger partial charge >= 0.3 is 0 Å². The number of nitrogens with two attached hydrogens (primary N) is 1. The molecular formula is C9H13N5O3S. The first kappa shape index (κ1) is 12.7. The van der Waals surface area contributed by atoms with E-state index in [0.29, 0.717) is 17.0 Å². The number of rotatable bonds is 5. The molecule has 0 aliphatic heterocycles. The van der Waals surface area contributed by atoms with Crippen molar-refractivity contribution in [2.45, 2.75) is 25.0 Å². The van der Waals surface area contributed by atoms with Crippen LogP contribution in [-0.4, -0.2) is 23.8 Å². The Morgan fingerprint density at radius 3 is 2.94 bits per heavy atom. The topological polar surface area (TPSA) is 127 Å². The minimum Gasteiger partial charge on any atom is -0.364 e. The molecule has 9 heteroatoms. The molecule has 0 aliphatic carbocycles. The van der Waals surface area contributed by atoms with Gasteiger partial charge in [0.05, 0.1) is 12.2 Å². The van der Waals surface area contributed by atoms with Crippen LogP contribution in [0.4, 0.5) is 0 Å². The minimum absolute atomic E-state index is 0.0365. The first-order valence-electron chi connectivity index (χ1n) is 5.17. The average Bonchev–Trinajstić information content (AvgIpc) is 2.95. The van der Waals surface area contributed by atoms with E-state index in [1.165, 1.54) is 6.26 Å². The van der Waals surface area contributed by atoms with Crippen molar-refractivity contribution in [1.29, 1.82) is 0 Å². The highest BCUT2D eigenvalue weighted by molar-refractivity contribution is 7.89. The molecular weight excluding hydrogens is 258 g/mol. The summed E-state index contributed by atoms with van der Waals surface area (Å²) in [6.45, 7) is 1.85. The lowest BCUT2D eigenvalue weighted by Crippen LogP contribution is -2.25. The van der Waals surface area contributed by atoms with Gasteiger partial charge in [0.2, 0.25) is 0 Å². The Labute approximate surface area is 104 Å². The smallest absolute Gasteiger partial charge is 0.260 e. The van der Waals surface area contributed by atoms with Crippen LogP contribution in [0.3, 0.4) is 0 Å². The summed E-state index contributed by atoms with van der Waals surface area (Å²) in [5, 5.41) is 9.89. The molecule has 2 aromatic rings. The van der Waals surface area contributed by atoms with E-state index in [4.69, 9.17) is 5.73 Å². The van der Waals surface area contributed by atoms with Gasteiger partial charge in [-0.15, -0.1) is 0 Å². The summed E-state index contributed by atoms with van der Waals surface area (Å²) in [5.41, 5.74) is 7.10. The van der Waals surface area contributed by atoms with E-state index in [1.54, 1.807) is 13.0 Å². The molecule has 2 aromatic heterocycles. The Morgan fingerprint density at radius 2 is 2.33 bits per heavy atom. The van der Waals surface area contributed by atoms with Crippen LogP contribution >= 0.6 is 0 Å². The van der Waals surface area contributed by atoms with E-state index in [9.17, 15) is 8.42 Å². The predicted octanol–water partition coefficient (Wildman–Crippen LogP) is -0.357. The zero-order chi connectivity index (χ0) is 13.2. The Kier molecular flexibility index (Phi) is 3.45. The van der Waals surface area contributed by atoms with Gasteiger partial charge in [0.25, 0.3) is 10.0 Å². The average molecular weight is 271 g/mol. The number of aryl methyl sites for hydroxylation is 1. The van der Waals surface area contributed by atoms with Crippen molar-refractivity contribution in [3.8, 4) is 0 Å². The zero-order valence-electron chi connectivity index (χ0n) is 9.67. The highest BCUT2D eigenvalue weighted by atomic mass is 32.2. The normalized spacial score (nSPS) is 11.9. The van der Waals surface area contributed by atoms with Crippen molar-refractivity contribution in [1.82, 2.24) is 20.1 Å². The maximum absolute atomic E-state index is 12.0. The highest BCUT2D eigenvalue weighted by Gasteiger charge is 2.22. The van der Waals surface area contributed by atoms with Gasteiger partial charge in [-0.05, 0) is 6.92 Å². The number of H-pyrrole nitrogens is 1. The fourth-order valence-corrected chi connectivity index (χ4v) is 2.66. The molecule has 0 saturated carbocycles. The van der Waals surface area contributed by atoms with Crippen LogP contribution in [0.5, 0.6) is 0 Å². The standard InChI is InChI=1S/C9H13N5O3S/c1-6-8(4-10)9(13-12-6)18(15,16)11-5-7-2-3-17-14-7/h2-3,11H,4-5,10H2,1H3,(H,12,13). The molecule has 0 bridgehead atoms. The van der Waals surface area contributed by atoms with Gasteiger partial charge in [-0.2, -0.15) is 5.10 Å². The minimum atomic E-state index is -3.71. The van der Waals surface area contributed by atoms with Crippen molar-refractivity contribution in [3.63, 3.8) is 0 Å². The second kappa shape index (κ2) is 4.88. The maximum Gasteiger partial charge on any atom is 0.260 e. The van der Waals surface area contributed by atoms with E-state index < -0.39 is 10.0 Å². The van der Waals surface area contributed by atoms with Gasteiger partial charge in [0.15, 0.2) is 5.03 Å². The Hall–Kier alpha value is -1.71. The van der Waals surface area contributed by atoms with E-state index >= 15 is 0 Å². The summed E-state index contributed by atoms with van der Waals surface area (Å²) in [7, 11) is -3.71. The Bertz CT molecular complexity index is 617. The molecule has 2 rings (SSSR count). The van der Waals surface area contributed by atoms with Gasteiger partial charge in [0, 0.05) is 23.9 Å². The number of aromatic amines is 1. The molecule has 0 radical (unpaired) electrons. The monoisotopic (exact) mass is 271 g/mol. The number of aromatic nitrogens is 3. The van der Waals surface area contributed by atoms with E-state index in [0.717, 1.165) is 0 Å². The van der Waals surface area contributed by atoms with Crippen molar-refractivity contribution < 1.29 is 12.9 Å². The van der Waals surface area contributed by atoms with Crippen LogP contribution in [0, 0.1) is 6.92 Å². The largest absolute Gasteiger partial charge is 0.364 e. The van der Waals surface area contributed by atoms with Gasteiger partial charge in [0.1, 0.15) is 6.26 Å². The summed E-state index contributed by atoms with van der Waals surface area (Å²) in [6, 6.07) is 1.57. The second-order valence-electron chi connectivity index (χ2n) is 3.65. The molecule has 8 nitrogen and oxygen atoms in total. The Morgan fingerprint density at radius 1 is 1.56 bits per heavy atom. The third-order valence-electron chi connectivity index (χ3n) is 2.43. The molecule has 0 aromatic carbocycles. The molecule has 0 spiro atoms. The number of hydrogen-bond donors (Lipinski definition) is 3. The molecule has 0 amide bonds. The molecule has 98 valence electrons. The fourth-order valence-electron chi connectivity index (χ4n) is 1.46. The van der Waals surface area contributed by atoms with Crippen LogP contribution in [0.15, 0.2) is 21.9 Å². The summed E-state index contributed by atoms with van der Waals surface area (Å²) in [4.78, 5) is 0. The van der Waals surface area contributed by atoms with E-state index in [1.807, 2.05) is 0 Å². The molecule has 0 saturated heterocycles. The molecule has 0 aliphatic rings. The highest BCUT2D eigenvalue weighted by Crippen LogP contribution is 2.15. The Balaban J connectivity index is 2.20. The lowest BCUT2D eigenvalue weighted by atomic mass is 10.3. The number of nitrogens with zero attached hydrogens (tertiary/aromatic N) is 2. The van der Waals surface area contributed by atoms with E-state index in [-0.39, 0.29) is 18.1 Å². The number of nitrogens with one attached hydrogen (secondary N) is 2. The van der Waals surface area contributed by atoms with Crippen LogP contribution < -0.4 is 10.5 Å². The zero-order valence-corrected chi connectivity index (χ0v) is 10.5. The lowest BCUT2D eigenvalue weighted by molar-refractivity contribution is 0.411. The number of sulfonamides is 1. The molecule has 0 fully saturated rings. The SMILES string of the molecule is Cc1[nH]nc(S(=O)(=O)NCc2ccon2)c1CN. The van der Waals surface area contributed by atoms with Crippen molar-refractivity contribution in [2.24, 2.45) is 5.73 Å². The van der Waals surface area contributed by atoms with Gasteiger partial charge in [-0.25, -0.2) is 13.1 Å². The van der Waals surface area contributed by atoms with Crippen LogP contribution in [0.2, 0.25) is 0 Å². The molecule has 4 N–H and O–H groups in total. The second-order valence-corrected chi connectivity index (χ2v) is 5.33. The van der Waals surface area contributed by atoms with Gasteiger partial charge in [-0.1, -0.05) is 5.16 Å². The molecule has 0 atom stereocenters. The lowest BCUT2D eigenvalue weighted by Gasteiger charge is -2.04. The predicted molar refractivity (Wildman–Crippen MR) is 61.7 cm³/mol. The third-order valence-corrected chi connectivity index (χ3v) is 3.80. The summed E-state index contributed by atoms with van der Waals surface area (Å²) in [5.74, 6) is 0. The summed E-state index contributed by atoms with van der Waals surface area (Å²) in [6.07, 6.45) is 1.37. The van der Waals surface area contributed by atoms with Crippen LogP contribution in [0.1, 0.15) is 17.0 Å². The van der Waals surface area contributed by atoms with Crippen molar-refractivity contribution >= 4 is 10.0 Å². The summed E-state index contributed by atoms with van der Waals surface area (Å²) < 4.78 is 31.0. The fraction of sp³-hybridized carbons (Fsp3) is 0.333. The molecule has 0 unspecified atom stereocenters. The first-order chi connectivity index (χ1) is 8.54. The van der Waals surface area contributed by atoms with Crippen LogP contribution in [-0.2, 0) is 23.1 Å². The van der Waals surface area contributed by atoms with Crippen molar-refractivity contribution in [2.75, 3.05) is 0 Å². The van der Waals surface area contributed by atoms with Crippen molar-refractivity contribution in [3.05, 3.63) is 29.3 Å². The molecule has 18 heavy (non-hydrogen) atoms. The quantitative estimate of drug-likeness (QED) is 0.681. The first-order valence-corrected chi connectivity index (χ1v) is 6.65. The third kappa shape index (κ3) is 2.42. The maximum atomic E-state index is 12.0. The number of hydrogen-bond acceptors (Lipinski definition) is 6. The molecule has 2 heterocycles. The summed E-state index contributed by atoms with van der Waals surface area (Å²) >= 11 is 0. The van der Waals surface area contributed by atoms with E-state index in [2.05, 4.69) is 24.6 Å². The van der Waals surface area contributed by atoms with Crippen LogP contribution in [0.25, 0.3) is 0 Å². The van der Waals surface area contributed by atoms with Gasteiger partial charge < -0.3 is 10.3 Å². The van der Waals surface area contributed by atoms with Gasteiger partial charge in [-0.3, -0.25) is 5.10 Å².